The van der Waals surface area contributed by atoms with Crippen LogP contribution in [0.1, 0.15) is 28.4 Å². The highest BCUT2D eigenvalue weighted by atomic mass is 16.2. The third kappa shape index (κ3) is 3.55. The summed E-state index contributed by atoms with van der Waals surface area (Å²) in [5.41, 5.74) is 6.78. The molecule has 0 aliphatic rings. The number of nitrogens with two attached hydrogens (primary N) is 1. The fraction of sp³-hybridized carbons (Fsp3) is 0.200. The van der Waals surface area contributed by atoms with E-state index in [2.05, 4.69) is 10.3 Å². The van der Waals surface area contributed by atoms with E-state index in [9.17, 15) is 9.59 Å². The van der Waals surface area contributed by atoms with Crippen LogP contribution >= 0.6 is 0 Å². The summed E-state index contributed by atoms with van der Waals surface area (Å²) in [5.74, 6) is -0.382. The zero-order valence-electron chi connectivity index (χ0n) is 11.0. The van der Waals surface area contributed by atoms with E-state index in [0.717, 1.165) is 5.56 Å². The van der Waals surface area contributed by atoms with Crippen LogP contribution in [0.3, 0.4) is 0 Å². The maximum atomic E-state index is 11.8. The van der Waals surface area contributed by atoms with Gasteiger partial charge < -0.3 is 16.0 Å². The lowest BCUT2D eigenvalue weighted by Crippen LogP contribution is -2.31. The summed E-state index contributed by atoms with van der Waals surface area (Å²) >= 11 is 0. The molecule has 5 nitrogen and oxygen atoms in total. The Hall–Kier alpha value is -2.40. The van der Waals surface area contributed by atoms with Gasteiger partial charge in [-0.25, -0.2) is 0 Å². The number of pyridine rings is 1. The van der Waals surface area contributed by atoms with E-state index in [1.54, 1.807) is 6.07 Å². The summed E-state index contributed by atoms with van der Waals surface area (Å²) < 4.78 is 0. The maximum Gasteiger partial charge on any atom is 0.260 e. The van der Waals surface area contributed by atoms with Gasteiger partial charge in [0.1, 0.15) is 5.56 Å². The second-order valence-electron chi connectivity index (χ2n) is 4.47. The van der Waals surface area contributed by atoms with Crippen molar-refractivity contribution in [3.05, 3.63) is 70.1 Å². The number of rotatable bonds is 5. The summed E-state index contributed by atoms with van der Waals surface area (Å²) in [5, 5.41) is 2.70. The molecular formula is C15H17N3O2. The second kappa shape index (κ2) is 6.68. The molecule has 5 heteroatoms. The van der Waals surface area contributed by atoms with Gasteiger partial charge in [0.15, 0.2) is 0 Å². The van der Waals surface area contributed by atoms with Crippen LogP contribution < -0.4 is 16.6 Å². The van der Waals surface area contributed by atoms with Crippen molar-refractivity contribution in [3.8, 4) is 0 Å². The van der Waals surface area contributed by atoms with Gasteiger partial charge in [0, 0.05) is 18.8 Å². The van der Waals surface area contributed by atoms with Crippen LogP contribution in [-0.4, -0.2) is 17.4 Å². The number of nitrogens with one attached hydrogen (secondary N) is 2. The van der Waals surface area contributed by atoms with Crippen LogP contribution in [0.2, 0.25) is 0 Å². The lowest BCUT2D eigenvalue weighted by molar-refractivity contribution is 0.0951. The van der Waals surface area contributed by atoms with Gasteiger partial charge in [0.05, 0.1) is 0 Å². The Balaban J connectivity index is 1.86. The molecule has 0 fully saturated rings. The van der Waals surface area contributed by atoms with Gasteiger partial charge >= 0.3 is 0 Å². The fourth-order valence-corrected chi connectivity index (χ4v) is 1.90. The van der Waals surface area contributed by atoms with Gasteiger partial charge in [-0.3, -0.25) is 9.59 Å². The molecule has 1 atom stereocenters. The van der Waals surface area contributed by atoms with Gasteiger partial charge in [0.25, 0.3) is 11.5 Å². The molecule has 0 spiro atoms. The molecule has 0 saturated carbocycles. The normalized spacial score (nSPS) is 11.8. The molecule has 1 amide bonds. The first-order valence-electron chi connectivity index (χ1n) is 6.45. The predicted octanol–water partition coefficient (Wildman–Crippen LogP) is 1.19. The number of aromatic nitrogens is 1. The largest absolute Gasteiger partial charge is 0.352 e. The Kier molecular flexibility index (Phi) is 4.68. The molecule has 0 aliphatic carbocycles. The first-order chi connectivity index (χ1) is 9.68. The Morgan fingerprint density at radius 3 is 2.65 bits per heavy atom. The lowest BCUT2D eigenvalue weighted by atomic mass is 10.1. The number of carbonyl (C=O) groups is 1. The highest BCUT2D eigenvalue weighted by Crippen LogP contribution is 2.12. The molecule has 2 aromatic rings. The number of aromatic amines is 1. The molecule has 20 heavy (non-hydrogen) atoms. The fourth-order valence-electron chi connectivity index (χ4n) is 1.90. The molecule has 0 bridgehead atoms. The molecule has 4 N–H and O–H groups in total. The maximum absolute atomic E-state index is 11.8. The average Bonchev–Trinajstić information content (AvgIpc) is 2.48. The van der Waals surface area contributed by atoms with Gasteiger partial charge in [-0.05, 0) is 24.1 Å². The minimum Gasteiger partial charge on any atom is -0.352 e. The zero-order valence-corrected chi connectivity index (χ0v) is 11.0. The van der Waals surface area contributed by atoms with E-state index >= 15 is 0 Å². The standard InChI is InChI=1S/C15H17N3O2/c16-13(11-5-2-1-3-6-11)8-10-18-15(20)12-7-4-9-17-14(12)19/h1-7,9,13H,8,10,16H2,(H,17,19)(H,18,20). The quantitative estimate of drug-likeness (QED) is 0.763. The molecule has 1 unspecified atom stereocenters. The molecule has 0 saturated heterocycles. The van der Waals surface area contributed by atoms with E-state index in [-0.39, 0.29) is 17.5 Å². The van der Waals surface area contributed by atoms with Gasteiger partial charge in [-0.2, -0.15) is 0 Å². The van der Waals surface area contributed by atoms with Gasteiger partial charge in [-0.1, -0.05) is 30.3 Å². The van der Waals surface area contributed by atoms with E-state index in [1.165, 1.54) is 12.3 Å². The SMILES string of the molecule is NC(CCNC(=O)c1ccc[nH]c1=O)c1ccccc1. The van der Waals surface area contributed by atoms with Crippen LogP contribution in [0, 0.1) is 0 Å². The van der Waals surface area contributed by atoms with Crippen molar-refractivity contribution in [2.24, 2.45) is 5.73 Å². The van der Waals surface area contributed by atoms with Crippen molar-refractivity contribution >= 4 is 5.91 Å². The molecule has 0 radical (unpaired) electrons. The highest BCUT2D eigenvalue weighted by Gasteiger charge is 2.10. The monoisotopic (exact) mass is 271 g/mol. The van der Waals surface area contributed by atoms with Crippen LogP contribution in [-0.2, 0) is 0 Å². The molecule has 2 rings (SSSR count). The summed E-state index contributed by atoms with van der Waals surface area (Å²) in [4.78, 5) is 25.7. The van der Waals surface area contributed by atoms with E-state index < -0.39 is 5.56 Å². The van der Waals surface area contributed by atoms with Crippen molar-refractivity contribution in [1.82, 2.24) is 10.3 Å². The molecule has 104 valence electrons. The Labute approximate surface area is 116 Å². The first-order valence-corrected chi connectivity index (χ1v) is 6.45. The summed E-state index contributed by atoms with van der Waals surface area (Å²) in [6.07, 6.45) is 2.10. The molecule has 1 aromatic carbocycles. The average molecular weight is 271 g/mol. The minimum atomic E-state index is -0.391. The Morgan fingerprint density at radius 1 is 1.20 bits per heavy atom. The van der Waals surface area contributed by atoms with E-state index in [4.69, 9.17) is 5.73 Å². The number of H-pyrrole nitrogens is 1. The van der Waals surface area contributed by atoms with Crippen molar-refractivity contribution < 1.29 is 4.79 Å². The number of hydrogen-bond acceptors (Lipinski definition) is 3. The van der Waals surface area contributed by atoms with Crippen molar-refractivity contribution in [1.29, 1.82) is 0 Å². The molecule has 1 aromatic heterocycles. The van der Waals surface area contributed by atoms with Gasteiger partial charge in [0.2, 0.25) is 0 Å². The summed E-state index contributed by atoms with van der Waals surface area (Å²) in [7, 11) is 0. The Bertz CT molecular complexity index is 622. The predicted molar refractivity (Wildman–Crippen MR) is 77.4 cm³/mol. The first kappa shape index (κ1) is 14.0. The van der Waals surface area contributed by atoms with Crippen LogP contribution in [0.4, 0.5) is 0 Å². The Morgan fingerprint density at radius 2 is 1.95 bits per heavy atom. The third-order valence-corrected chi connectivity index (χ3v) is 3.03. The highest BCUT2D eigenvalue weighted by molar-refractivity contribution is 5.93. The summed E-state index contributed by atoms with van der Waals surface area (Å²) in [6, 6.07) is 12.7. The number of carbonyl (C=O) groups excluding carboxylic acids is 1. The van der Waals surface area contributed by atoms with E-state index in [0.29, 0.717) is 13.0 Å². The molecule has 0 aliphatic heterocycles. The molecule has 1 heterocycles. The van der Waals surface area contributed by atoms with Crippen molar-refractivity contribution in [3.63, 3.8) is 0 Å². The number of amides is 1. The number of benzene rings is 1. The minimum absolute atomic E-state index is 0.112. The second-order valence-corrected chi connectivity index (χ2v) is 4.47. The van der Waals surface area contributed by atoms with Crippen LogP contribution in [0.15, 0.2) is 53.5 Å². The van der Waals surface area contributed by atoms with Crippen molar-refractivity contribution in [2.45, 2.75) is 12.5 Å². The molecular weight excluding hydrogens is 254 g/mol. The topological polar surface area (TPSA) is 88.0 Å². The number of hydrogen-bond donors (Lipinski definition) is 3. The van der Waals surface area contributed by atoms with Crippen LogP contribution in [0.25, 0.3) is 0 Å². The zero-order chi connectivity index (χ0) is 14.4. The van der Waals surface area contributed by atoms with Gasteiger partial charge in [-0.15, -0.1) is 0 Å². The smallest absolute Gasteiger partial charge is 0.260 e. The third-order valence-electron chi connectivity index (χ3n) is 3.03. The summed E-state index contributed by atoms with van der Waals surface area (Å²) in [6.45, 7) is 0.420. The van der Waals surface area contributed by atoms with E-state index in [1.807, 2.05) is 30.3 Å². The van der Waals surface area contributed by atoms with Crippen LogP contribution in [0.5, 0.6) is 0 Å². The van der Waals surface area contributed by atoms with Crippen molar-refractivity contribution in [2.75, 3.05) is 6.54 Å². The lowest BCUT2D eigenvalue weighted by Gasteiger charge is -2.12.